The fourth-order valence-corrected chi connectivity index (χ4v) is 6.50. The molecule has 0 atom stereocenters. The van der Waals surface area contributed by atoms with Gasteiger partial charge in [-0.25, -0.2) is 4.99 Å². The molecule has 4 nitrogen and oxygen atoms in total. The molecule has 2 heterocycles. The van der Waals surface area contributed by atoms with Crippen LogP contribution in [0.1, 0.15) is 18.1 Å². The van der Waals surface area contributed by atoms with Crippen LogP contribution >= 0.6 is 23.5 Å². The largest absolute Gasteiger partial charge is 0.416 e. The van der Waals surface area contributed by atoms with Crippen LogP contribution in [0.15, 0.2) is 98.7 Å². The predicted molar refractivity (Wildman–Crippen MR) is 140 cm³/mol. The topological polar surface area (TPSA) is 35.9 Å². The summed E-state index contributed by atoms with van der Waals surface area (Å²) in [7, 11) is 0. The summed E-state index contributed by atoms with van der Waals surface area (Å²) >= 11 is 2.75. The van der Waals surface area contributed by atoms with Gasteiger partial charge in [-0.15, -0.1) is 0 Å². The van der Waals surface area contributed by atoms with E-state index in [1.165, 1.54) is 35.7 Å². The molecule has 1 saturated heterocycles. The van der Waals surface area contributed by atoms with Crippen LogP contribution in [0.2, 0.25) is 0 Å². The number of halogens is 3. The molecule has 2 aliphatic heterocycles. The molecule has 9 heteroatoms. The van der Waals surface area contributed by atoms with E-state index in [4.69, 9.17) is 0 Å². The lowest BCUT2D eigenvalue weighted by Gasteiger charge is -2.19. The maximum atomic E-state index is 13.7. The minimum atomic E-state index is -4.47. The van der Waals surface area contributed by atoms with Crippen molar-refractivity contribution >= 4 is 46.0 Å². The molecule has 2 aliphatic rings. The van der Waals surface area contributed by atoms with Crippen molar-refractivity contribution in [1.82, 2.24) is 4.90 Å². The lowest BCUT2D eigenvalue weighted by Crippen LogP contribution is -2.32. The van der Waals surface area contributed by atoms with Crippen molar-refractivity contribution in [2.45, 2.75) is 24.4 Å². The SMILES string of the molecule is CCN1C(=C2SC(=Nc3cccc(C(F)(F)F)c3)N(CCc3ccccc3)C2=O)Sc2ccccc21. The molecule has 5 rings (SSSR count). The van der Waals surface area contributed by atoms with Gasteiger partial charge in [0.05, 0.1) is 16.9 Å². The summed E-state index contributed by atoms with van der Waals surface area (Å²) < 4.78 is 39.8. The summed E-state index contributed by atoms with van der Waals surface area (Å²) in [6.07, 6.45) is -3.87. The highest BCUT2D eigenvalue weighted by Crippen LogP contribution is 2.50. The number of para-hydroxylation sites is 1. The molecule has 184 valence electrons. The van der Waals surface area contributed by atoms with Crippen LogP contribution < -0.4 is 4.90 Å². The maximum absolute atomic E-state index is 13.7. The number of aliphatic imine (C=N–C) groups is 1. The molecule has 0 spiro atoms. The average molecular weight is 526 g/mol. The standard InChI is InChI=1S/C27H22F3N3OS2/c1-2-32-21-13-6-7-14-22(21)35-25(32)23-24(34)33(16-15-18-9-4-3-5-10-18)26(36-23)31-20-12-8-11-19(17-20)27(28,29)30/h3-14,17H,2,15-16H2,1H3. The summed E-state index contributed by atoms with van der Waals surface area (Å²) in [6, 6.07) is 22.6. The molecular weight excluding hydrogens is 503 g/mol. The second-order valence-corrected chi connectivity index (χ2v) is 10.2. The Hall–Kier alpha value is -3.17. The number of hydrogen-bond donors (Lipinski definition) is 0. The molecule has 1 fully saturated rings. The lowest BCUT2D eigenvalue weighted by molar-refractivity contribution is -0.137. The number of anilines is 1. The van der Waals surface area contributed by atoms with Crippen LogP contribution in [-0.4, -0.2) is 29.1 Å². The molecule has 0 unspecified atom stereocenters. The van der Waals surface area contributed by atoms with Crippen LogP contribution in [0.4, 0.5) is 24.5 Å². The quantitative estimate of drug-likeness (QED) is 0.327. The molecule has 0 bridgehead atoms. The normalized spacial score (nSPS) is 18.9. The van der Waals surface area contributed by atoms with Crippen molar-refractivity contribution < 1.29 is 18.0 Å². The molecule has 0 radical (unpaired) electrons. The van der Waals surface area contributed by atoms with Crippen LogP contribution in [0, 0.1) is 0 Å². The molecule has 3 aromatic carbocycles. The van der Waals surface area contributed by atoms with Crippen LogP contribution in [0.25, 0.3) is 0 Å². The number of hydrogen-bond acceptors (Lipinski definition) is 5. The van der Waals surface area contributed by atoms with E-state index in [1.807, 2.05) is 61.5 Å². The number of carbonyl (C=O) groups is 1. The maximum Gasteiger partial charge on any atom is 0.416 e. The molecule has 1 amide bonds. The van der Waals surface area contributed by atoms with Crippen molar-refractivity contribution in [3.8, 4) is 0 Å². The highest BCUT2D eigenvalue weighted by molar-refractivity contribution is 8.19. The van der Waals surface area contributed by atoms with E-state index < -0.39 is 11.7 Å². The van der Waals surface area contributed by atoms with E-state index in [9.17, 15) is 18.0 Å². The Labute approximate surface area is 215 Å². The fourth-order valence-electron chi connectivity index (χ4n) is 4.08. The van der Waals surface area contributed by atoms with Crippen molar-refractivity contribution in [1.29, 1.82) is 0 Å². The number of alkyl halides is 3. The molecule has 36 heavy (non-hydrogen) atoms. The first-order valence-electron chi connectivity index (χ1n) is 11.4. The smallest absolute Gasteiger partial charge is 0.334 e. The molecule has 3 aromatic rings. The van der Waals surface area contributed by atoms with Crippen molar-refractivity contribution in [2.75, 3.05) is 18.0 Å². The first-order valence-corrected chi connectivity index (χ1v) is 13.1. The number of rotatable bonds is 5. The van der Waals surface area contributed by atoms with E-state index in [-0.39, 0.29) is 11.6 Å². The van der Waals surface area contributed by atoms with E-state index >= 15 is 0 Å². The fraction of sp³-hybridized carbons (Fsp3) is 0.185. The third kappa shape index (κ3) is 4.90. The number of benzene rings is 3. The number of fused-ring (bicyclic) bond motifs is 1. The third-order valence-corrected chi connectivity index (χ3v) is 8.23. The first-order chi connectivity index (χ1) is 17.3. The van der Waals surface area contributed by atoms with Crippen molar-refractivity contribution in [3.63, 3.8) is 0 Å². The van der Waals surface area contributed by atoms with Gasteiger partial charge < -0.3 is 4.90 Å². The lowest BCUT2D eigenvalue weighted by atomic mass is 10.1. The molecule has 0 aliphatic carbocycles. The van der Waals surface area contributed by atoms with Gasteiger partial charge in [0.1, 0.15) is 9.93 Å². The Bertz CT molecular complexity index is 1360. The number of amidine groups is 1. The van der Waals surface area contributed by atoms with E-state index in [0.29, 0.717) is 29.6 Å². The Kier molecular flexibility index (Phi) is 6.85. The van der Waals surface area contributed by atoms with Gasteiger partial charge in [0, 0.05) is 18.0 Å². The van der Waals surface area contributed by atoms with Crippen molar-refractivity contribution in [2.24, 2.45) is 4.99 Å². The molecule has 0 N–H and O–H groups in total. The summed E-state index contributed by atoms with van der Waals surface area (Å²) in [4.78, 5) is 23.5. The summed E-state index contributed by atoms with van der Waals surface area (Å²) in [5.41, 5.74) is 1.49. The van der Waals surface area contributed by atoms with Gasteiger partial charge in [-0.05, 0) is 61.0 Å². The van der Waals surface area contributed by atoms with Crippen LogP contribution in [0.3, 0.4) is 0 Å². The second-order valence-electron chi connectivity index (χ2n) is 8.19. The number of thioether (sulfide) groups is 2. The number of carbonyl (C=O) groups excluding carboxylic acids is 1. The molecule has 0 saturated carbocycles. The number of nitrogens with zero attached hydrogens (tertiary/aromatic N) is 3. The minimum absolute atomic E-state index is 0.158. The van der Waals surface area contributed by atoms with Gasteiger partial charge in [0.2, 0.25) is 0 Å². The Morgan fingerprint density at radius 3 is 2.39 bits per heavy atom. The van der Waals surface area contributed by atoms with Crippen molar-refractivity contribution in [3.05, 3.63) is 99.9 Å². The number of amides is 1. The molecular formula is C27H22F3N3OS2. The zero-order chi connectivity index (χ0) is 25.3. The average Bonchev–Trinajstić information content (AvgIpc) is 3.39. The zero-order valence-electron chi connectivity index (χ0n) is 19.3. The Balaban J connectivity index is 1.53. The van der Waals surface area contributed by atoms with Gasteiger partial charge in [-0.3, -0.25) is 9.69 Å². The van der Waals surface area contributed by atoms with Gasteiger partial charge in [0.25, 0.3) is 5.91 Å². The van der Waals surface area contributed by atoms with Gasteiger partial charge in [0.15, 0.2) is 5.17 Å². The first kappa shape index (κ1) is 24.5. The van der Waals surface area contributed by atoms with E-state index in [0.717, 1.165) is 33.3 Å². The Morgan fingerprint density at radius 2 is 1.64 bits per heavy atom. The van der Waals surface area contributed by atoms with Gasteiger partial charge >= 0.3 is 6.18 Å². The highest BCUT2D eigenvalue weighted by atomic mass is 32.2. The predicted octanol–water partition coefficient (Wildman–Crippen LogP) is 7.31. The zero-order valence-corrected chi connectivity index (χ0v) is 21.0. The second kappa shape index (κ2) is 10.1. The highest BCUT2D eigenvalue weighted by Gasteiger charge is 2.39. The van der Waals surface area contributed by atoms with Crippen LogP contribution in [-0.2, 0) is 17.4 Å². The molecule has 0 aromatic heterocycles. The van der Waals surface area contributed by atoms with E-state index in [1.54, 1.807) is 4.90 Å². The van der Waals surface area contributed by atoms with Crippen LogP contribution in [0.5, 0.6) is 0 Å². The third-order valence-electron chi connectivity index (χ3n) is 5.85. The Morgan fingerprint density at radius 1 is 0.889 bits per heavy atom. The monoisotopic (exact) mass is 525 g/mol. The van der Waals surface area contributed by atoms with Gasteiger partial charge in [-0.2, -0.15) is 13.2 Å². The minimum Gasteiger partial charge on any atom is -0.334 e. The van der Waals surface area contributed by atoms with E-state index in [2.05, 4.69) is 9.89 Å². The summed E-state index contributed by atoms with van der Waals surface area (Å²) in [5.74, 6) is -0.185. The summed E-state index contributed by atoms with van der Waals surface area (Å²) in [5, 5.41) is 1.21. The summed E-state index contributed by atoms with van der Waals surface area (Å²) in [6.45, 7) is 3.08. The van der Waals surface area contributed by atoms with Gasteiger partial charge in [-0.1, -0.05) is 60.3 Å².